The largest absolute Gasteiger partial charge is 0.458 e. The highest BCUT2D eigenvalue weighted by molar-refractivity contribution is 6.26. The molecule has 0 aromatic heterocycles. The summed E-state index contributed by atoms with van der Waals surface area (Å²) in [4.78, 5) is 11.1. The Kier molecular flexibility index (Phi) is 4.04. The van der Waals surface area contributed by atoms with Crippen LogP contribution in [-0.2, 0) is 9.53 Å². The van der Waals surface area contributed by atoms with Crippen LogP contribution >= 0.6 is 11.6 Å². The van der Waals surface area contributed by atoms with Crippen molar-refractivity contribution in [2.24, 2.45) is 0 Å². The Balaban J connectivity index is 2.52. The van der Waals surface area contributed by atoms with Crippen LogP contribution in [0.1, 0.15) is 45.4 Å². The van der Waals surface area contributed by atoms with Crippen LogP contribution in [0.15, 0.2) is 0 Å². The van der Waals surface area contributed by atoms with Gasteiger partial charge in [-0.25, -0.2) is 0 Å². The molecule has 1 aliphatic carbocycles. The molecule has 0 atom stereocenters. The molecule has 3 heteroatoms. The van der Waals surface area contributed by atoms with Crippen LogP contribution in [0.5, 0.6) is 0 Å². The van der Waals surface area contributed by atoms with Crippen molar-refractivity contribution in [3.8, 4) is 0 Å². The lowest BCUT2D eigenvalue weighted by atomic mass is 9.83. The van der Waals surface area contributed by atoms with E-state index in [1.165, 1.54) is 19.3 Å². The Morgan fingerprint density at radius 1 is 1.38 bits per heavy atom. The molecule has 0 radical (unpaired) electrons. The van der Waals surface area contributed by atoms with E-state index in [0.29, 0.717) is 0 Å². The second-order valence-electron chi connectivity index (χ2n) is 3.70. The SMILES string of the molecule is CCC1(OC(=O)CCl)CCCCC1. The number of hydrogen-bond donors (Lipinski definition) is 0. The Morgan fingerprint density at radius 3 is 2.46 bits per heavy atom. The van der Waals surface area contributed by atoms with Gasteiger partial charge in [-0.1, -0.05) is 13.3 Å². The van der Waals surface area contributed by atoms with Crippen LogP contribution in [-0.4, -0.2) is 17.5 Å². The number of carbonyl (C=O) groups is 1. The minimum atomic E-state index is -0.273. The zero-order chi connectivity index (χ0) is 9.73. The zero-order valence-electron chi connectivity index (χ0n) is 8.14. The van der Waals surface area contributed by atoms with E-state index in [1.54, 1.807) is 0 Å². The van der Waals surface area contributed by atoms with Gasteiger partial charge in [0, 0.05) is 0 Å². The van der Waals surface area contributed by atoms with Crippen LogP contribution in [0.4, 0.5) is 0 Å². The molecule has 0 heterocycles. The highest BCUT2D eigenvalue weighted by atomic mass is 35.5. The molecule has 0 aliphatic heterocycles. The van der Waals surface area contributed by atoms with Crippen molar-refractivity contribution >= 4 is 17.6 Å². The Morgan fingerprint density at radius 2 is 2.00 bits per heavy atom. The molecule has 0 aromatic rings. The molecule has 0 spiro atoms. The second-order valence-corrected chi connectivity index (χ2v) is 3.97. The summed E-state index contributed by atoms with van der Waals surface area (Å²) in [6.07, 6.45) is 6.53. The van der Waals surface area contributed by atoms with Crippen molar-refractivity contribution in [2.45, 2.75) is 51.0 Å². The molecule has 1 aliphatic rings. The maximum atomic E-state index is 11.1. The summed E-state index contributed by atoms with van der Waals surface area (Å²) in [5, 5.41) is 0. The molecule has 0 N–H and O–H groups in total. The first-order valence-electron chi connectivity index (χ1n) is 5.00. The first-order valence-corrected chi connectivity index (χ1v) is 5.54. The van der Waals surface area contributed by atoms with Gasteiger partial charge in [0.1, 0.15) is 11.5 Å². The molecule has 2 nitrogen and oxygen atoms in total. The van der Waals surface area contributed by atoms with Gasteiger partial charge in [-0.2, -0.15) is 0 Å². The predicted octanol–water partition coefficient (Wildman–Crippen LogP) is 2.88. The average molecular weight is 205 g/mol. The number of alkyl halides is 1. The minimum absolute atomic E-state index is 0.0260. The number of esters is 1. The third-order valence-electron chi connectivity index (χ3n) is 2.85. The van der Waals surface area contributed by atoms with E-state index >= 15 is 0 Å². The van der Waals surface area contributed by atoms with Gasteiger partial charge in [-0.15, -0.1) is 11.6 Å². The molecular weight excluding hydrogens is 188 g/mol. The fourth-order valence-electron chi connectivity index (χ4n) is 1.99. The monoisotopic (exact) mass is 204 g/mol. The maximum Gasteiger partial charge on any atom is 0.321 e. The first kappa shape index (κ1) is 10.8. The Hall–Kier alpha value is -0.240. The van der Waals surface area contributed by atoms with Gasteiger partial charge >= 0.3 is 5.97 Å². The standard InChI is InChI=1S/C10H17ClO2/c1-2-10(13-9(12)8-11)6-4-3-5-7-10/h2-8H2,1H3. The van der Waals surface area contributed by atoms with Crippen molar-refractivity contribution in [1.29, 1.82) is 0 Å². The summed E-state index contributed by atoms with van der Waals surface area (Å²) in [6.45, 7) is 2.08. The Bertz CT molecular complexity index is 174. The third kappa shape index (κ3) is 2.87. The molecule has 0 amide bonds. The van der Waals surface area contributed by atoms with E-state index in [0.717, 1.165) is 19.3 Å². The van der Waals surface area contributed by atoms with Crippen LogP contribution < -0.4 is 0 Å². The molecular formula is C10H17ClO2. The molecule has 0 saturated heterocycles. The zero-order valence-corrected chi connectivity index (χ0v) is 8.90. The van der Waals surface area contributed by atoms with Gasteiger partial charge in [0.2, 0.25) is 0 Å². The van der Waals surface area contributed by atoms with Gasteiger partial charge in [0.15, 0.2) is 0 Å². The molecule has 76 valence electrons. The van der Waals surface area contributed by atoms with Crippen LogP contribution in [0, 0.1) is 0 Å². The number of carbonyl (C=O) groups excluding carboxylic acids is 1. The number of ether oxygens (including phenoxy) is 1. The summed E-state index contributed by atoms with van der Waals surface area (Å²) in [7, 11) is 0. The molecule has 0 bridgehead atoms. The molecule has 0 aromatic carbocycles. The maximum absolute atomic E-state index is 11.1. The molecule has 13 heavy (non-hydrogen) atoms. The lowest BCUT2D eigenvalue weighted by Crippen LogP contribution is -2.36. The number of hydrogen-bond acceptors (Lipinski definition) is 2. The van der Waals surface area contributed by atoms with Crippen molar-refractivity contribution in [2.75, 3.05) is 5.88 Å². The number of halogens is 1. The van der Waals surface area contributed by atoms with Crippen LogP contribution in [0.2, 0.25) is 0 Å². The minimum Gasteiger partial charge on any atom is -0.458 e. The van der Waals surface area contributed by atoms with Gasteiger partial charge in [-0.3, -0.25) is 4.79 Å². The summed E-state index contributed by atoms with van der Waals surface area (Å²) >= 11 is 5.42. The molecule has 0 unspecified atom stereocenters. The van der Waals surface area contributed by atoms with E-state index < -0.39 is 0 Å². The summed E-state index contributed by atoms with van der Waals surface area (Å²) in [5.41, 5.74) is -0.190. The summed E-state index contributed by atoms with van der Waals surface area (Å²) in [6, 6.07) is 0. The first-order chi connectivity index (χ1) is 6.22. The van der Waals surface area contributed by atoms with Crippen molar-refractivity contribution in [3.63, 3.8) is 0 Å². The topological polar surface area (TPSA) is 26.3 Å². The van der Waals surface area contributed by atoms with Crippen LogP contribution in [0.3, 0.4) is 0 Å². The smallest absolute Gasteiger partial charge is 0.321 e. The number of rotatable bonds is 3. The van der Waals surface area contributed by atoms with Gasteiger partial charge in [-0.05, 0) is 32.1 Å². The highest BCUT2D eigenvalue weighted by Gasteiger charge is 2.33. The molecule has 1 saturated carbocycles. The van der Waals surface area contributed by atoms with Crippen molar-refractivity contribution < 1.29 is 9.53 Å². The van der Waals surface area contributed by atoms with Crippen molar-refractivity contribution in [1.82, 2.24) is 0 Å². The van der Waals surface area contributed by atoms with E-state index in [9.17, 15) is 4.79 Å². The summed E-state index contributed by atoms with van der Waals surface area (Å²) < 4.78 is 5.41. The molecule has 1 rings (SSSR count). The third-order valence-corrected chi connectivity index (χ3v) is 3.07. The Labute approximate surface area is 84.6 Å². The lowest BCUT2D eigenvalue weighted by Gasteiger charge is -2.35. The van der Waals surface area contributed by atoms with E-state index in [-0.39, 0.29) is 17.5 Å². The average Bonchev–Trinajstić information content (AvgIpc) is 2.19. The van der Waals surface area contributed by atoms with Crippen LogP contribution in [0.25, 0.3) is 0 Å². The van der Waals surface area contributed by atoms with Gasteiger partial charge in [0.25, 0.3) is 0 Å². The summed E-state index contributed by atoms with van der Waals surface area (Å²) in [5.74, 6) is -0.299. The lowest BCUT2D eigenvalue weighted by molar-refractivity contribution is -0.160. The predicted molar refractivity (Wildman–Crippen MR) is 52.9 cm³/mol. The highest BCUT2D eigenvalue weighted by Crippen LogP contribution is 2.34. The van der Waals surface area contributed by atoms with E-state index in [4.69, 9.17) is 16.3 Å². The second kappa shape index (κ2) is 4.85. The quantitative estimate of drug-likeness (QED) is 0.522. The van der Waals surface area contributed by atoms with E-state index in [2.05, 4.69) is 6.92 Å². The fourth-order valence-corrected chi connectivity index (χ4v) is 2.05. The fraction of sp³-hybridized carbons (Fsp3) is 0.900. The van der Waals surface area contributed by atoms with E-state index in [1.807, 2.05) is 0 Å². The van der Waals surface area contributed by atoms with Gasteiger partial charge in [0.05, 0.1) is 0 Å². The van der Waals surface area contributed by atoms with Crippen molar-refractivity contribution in [3.05, 3.63) is 0 Å². The molecule has 1 fully saturated rings. The van der Waals surface area contributed by atoms with Gasteiger partial charge < -0.3 is 4.74 Å². The normalized spacial score (nSPS) is 21.1.